The minimum atomic E-state index is -0.177. The van der Waals surface area contributed by atoms with Gasteiger partial charge in [0.05, 0.1) is 24.4 Å². The van der Waals surface area contributed by atoms with E-state index in [0.29, 0.717) is 46.3 Å². The predicted molar refractivity (Wildman–Crippen MR) is 114 cm³/mol. The number of carbonyl (C=O) groups excluding carboxylic acids is 1. The SMILES string of the molecule is CCOCCSC1=N/C(=C/c2cccs2)C(=O)N1c1ccc(OC)c(Cl)c1. The van der Waals surface area contributed by atoms with E-state index in [0.717, 1.165) is 4.88 Å². The number of nitrogens with zero attached hydrogens (tertiary/aromatic N) is 2. The molecule has 2 aromatic rings. The van der Waals surface area contributed by atoms with Crippen LogP contribution in [0.4, 0.5) is 5.69 Å². The van der Waals surface area contributed by atoms with Gasteiger partial charge in [0.2, 0.25) is 0 Å². The van der Waals surface area contributed by atoms with Crippen LogP contribution in [-0.4, -0.2) is 37.2 Å². The van der Waals surface area contributed by atoms with Crippen molar-refractivity contribution in [1.82, 2.24) is 0 Å². The molecule has 0 spiro atoms. The van der Waals surface area contributed by atoms with Crippen LogP contribution >= 0.6 is 34.7 Å². The smallest absolute Gasteiger partial charge is 0.283 e. The Bertz CT molecular complexity index is 866. The number of thiophene rings is 1. The van der Waals surface area contributed by atoms with Crippen molar-refractivity contribution in [3.05, 3.63) is 51.3 Å². The summed E-state index contributed by atoms with van der Waals surface area (Å²) in [6, 6.07) is 9.16. The molecule has 8 heteroatoms. The van der Waals surface area contributed by atoms with Crippen LogP contribution in [0.3, 0.4) is 0 Å². The van der Waals surface area contributed by atoms with E-state index in [1.54, 1.807) is 47.6 Å². The summed E-state index contributed by atoms with van der Waals surface area (Å²) in [5.74, 6) is 1.08. The van der Waals surface area contributed by atoms with E-state index < -0.39 is 0 Å². The number of rotatable bonds is 7. The highest BCUT2D eigenvalue weighted by atomic mass is 35.5. The van der Waals surface area contributed by atoms with Crippen LogP contribution in [0.2, 0.25) is 5.02 Å². The van der Waals surface area contributed by atoms with Gasteiger partial charge < -0.3 is 9.47 Å². The first-order valence-corrected chi connectivity index (χ1v) is 10.6. The predicted octanol–water partition coefficient (Wildman–Crippen LogP) is 4.92. The minimum Gasteiger partial charge on any atom is -0.495 e. The van der Waals surface area contributed by atoms with Crippen molar-refractivity contribution in [3.63, 3.8) is 0 Å². The number of ether oxygens (including phenoxy) is 2. The average molecular weight is 423 g/mol. The van der Waals surface area contributed by atoms with Crippen LogP contribution in [0.25, 0.3) is 6.08 Å². The Labute approximate surface area is 171 Å². The van der Waals surface area contributed by atoms with Gasteiger partial charge in [0.25, 0.3) is 5.91 Å². The first-order valence-electron chi connectivity index (χ1n) is 8.36. The maximum absolute atomic E-state index is 13.0. The Balaban J connectivity index is 1.90. The molecule has 1 aliphatic rings. The molecule has 0 bridgehead atoms. The number of hydrogen-bond acceptors (Lipinski definition) is 6. The fraction of sp³-hybridized carbons (Fsp3) is 0.263. The molecule has 2 heterocycles. The van der Waals surface area contributed by atoms with Crippen LogP contribution in [0.5, 0.6) is 5.75 Å². The van der Waals surface area contributed by atoms with Crippen LogP contribution in [0, 0.1) is 0 Å². The number of methoxy groups -OCH3 is 1. The molecule has 0 saturated carbocycles. The Kier molecular flexibility index (Phi) is 6.95. The topological polar surface area (TPSA) is 51.1 Å². The third kappa shape index (κ3) is 4.73. The van der Waals surface area contributed by atoms with Gasteiger partial charge in [0.15, 0.2) is 5.17 Å². The van der Waals surface area contributed by atoms with Crippen LogP contribution in [0.15, 0.2) is 46.4 Å². The second kappa shape index (κ2) is 9.41. The summed E-state index contributed by atoms with van der Waals surface area (Å²) in [6.45, 7) is 3.21. The number of halogens is 1. The molecular formula is C19H19ClN2O3S2. The van der Waals surface area contributed by atoms with E-state index in [1.165, 1.54) is 11.8 Å². The largest absolute Gasteiger partial charge is 0.495 e. The number of amides is 1. The lowest BCUT2D eigenvalue weighted by molar-refractivity contribution is -0.113. The lowest BCUT2D eigenvalue weighted by Gasteiger charge is -2.18. The molecule has 0 aliphatic carbocycles. The molecule has 0 fully saturated rings. The monoisotopic (exact) mass is 422 g/mol. The number of amidine groups is 1. The van der Waals surface area contributed by atoms with Crippen molar-refractivity contribution in [2.75, 3.05) is 31.0 Å². The molecule has 0 saturated heterocycles. The van der Waals surface area contributed by atoms with E-state index >= 15 is 0 Å². The highest BCUT2D eigenvalue weighted by molar-refractivity contribution is 8.14. The number of benzene rings is 1. The van der Waals surface area contributed by atoms with Gasteiger partial charge in [-0.1, -0.05) is 29.4 Å². The van der Waals surface area contributed by atoms with Crippen molar-refractivity contribution < 1.29 is 14.3 Å². The fourth-order valence-corrected chi connectivity index (χ4v) is 4.23. The van der Waals surface area contributed by atoms with Gasteiger partial charge in [0, 0.05) is 17.2 Å². The number of carbonyl (C=O) groups is 1. The van der Waals surface area contributed by atoms with Gasteiger partial charge in [-0.25, -0.2) is 4.99 Å². The zero-order valence-corrected chi connectivity index (χ0v) is 17.4. The van der Waals surface area contributed by atoms with E-state index in [4.69, 9.17) is 21.1 Å². The molecule has 1 amide bonds. The van der Waals surface area contributed by atoms with Gasteiger partial charge in [-0.3, -0.25) is 9.69 Å². The molecule has 1 aliphatic heterocycles. The summed E-state index contributed by atoms with van der Waals surface area (Å²) in [5.41, 5.74) is 1.06. The second-order valence-electron chi connectivity index (χ2n) is 5.44. The maximum atomic E-state index is 13.0. The van der Waals surface area contributed by atoms with E-state index in [2.05, 4.69) is 4.99 Å². The lowest BCUT2D eigenvalue weighted by atomic mass is 10.2. The first-order chi connectivity index (χ1) is 13.1. The third-order valence-corrected chi connectivity index (χ3v) is 5.73. The first kappa shape index (κ1) is 19.9. The highest BCUT2D eigenvalue weighted by Crippen LogP contribution is 2.34. The van der Waals surface area contributed by atoms with Crippen molar-refractivity contribution in [2.45, 2.75) is 6.92 Å². The zero-order chi connectivity index (χ0) is 19.2. The van der Waals surface area contributed by atoms with E-state index in [-0.39, 0.29) is 5.91 Å². The van der Waals surface area contributed by atoms with E-state index in [1.807, 2.05) is 24.4 Å². The summed E-state index contributed by atoms with van der Waals surface area (Å²) >= 11 is 9.30. The van der Waals surface area contributed by atoms with Crippen molar-refractivity contribution in [2.24, 2.45) is 4.99 Å². The minimum absolute atomic E-state index is 0.177. The Hall–Kier alpha value is -1.80. The van der Waals surface area contributed by atoms with Crippen molar-refractivity contribution in [3.8, 4) is 5.75 Å². The fourth-order valence-electron chi connectivity index (χ4n) is 2.46. The maximum Gasteiger partial charge on any atom is 0.283 e. The third-order valence-electron chi connectivity index (χ3n) is 3.71. The van der Waals surface area contributed by atoms with Gasteiger partial charge in [-0.15, -0.1) is 11.3 Å². The summed E-state index contributed by atoms with van der Waals surface area (Å²) in [7, 11) is 1.56. The van der Waals surface area contributed by atoms with Gasteiger partial charge in [-0.2, -0.15) is 0 Å². The molecule has 1 aromatic heterocycles. The zero-order valence-electron chi connectivity index (χ0n) is 15.0. The molecule has 1 aromatic carbocycles. The lowest BCUT2D eigenvalue weighted by Crippen LogP contribution is -2.30. The average Bonchev–Trinajstić information content (AvgIpc) is 3.27. The summed E-state index contributed by atoms with van der Waals surface area (Å²) in [6.07, 6.45) is 1.81. The molecule has 27 heavy (non-hydrogen) atoms. The Morgan fingerprint density at radius 1 is 1.37 bits per heavy atom. The number of hydrogen-bond donors (Lipinski definition) is 0. The second-order valence-corrected chi connectivity index (χ2v) is 7.89. The van der Waals surface area contributed by atoms with Crippen molar-refractivity contribution >= 4 is 57.5 Å². The molecule has 0 N–H and O–H groups in total. The normalized spacial score (nSPS) is 15.5. The summed E-state index contributed by atoms with van der Waals surface area (Å²) < 4.78 is 10.6. The molecule has 142 valence electrons. The number of thioether (sulfide) groups is 1. The van der Waals surface area contributed by atoms with Crippen molar-refractivity contribution in [1.29, 1.82) is 0 Å². The Morgan fingerprint density at radius 2 is 2.22 bits per heavy atom. The Morgan fingerprint density at radius 3 is 2.89 bits per heavy atom. The molecular weight excluding hydrogens is 404 g/mol. The van der Waals surface area contributed by atoms with Gasteiger partial charge in [-0.05, 0) is 42.6 Å². The molecule has 5 nitrogen and oxygen atoms in total. The van der Waals surface area contributed by atoms with Gasteiger partial charge in [0.1, 0.15) is 11.4 Å². The standard InChI is InChI=1S/C19H19ClN2O3S2/c1-3-25-8-10-27-19-21-16(12-14-5-4-9-26-14)18(23)22(19)13-6-7-17(24-2)15(20)11-13/h4-7,9,11-12H,3,8,10H2,1-2H3/b16-12+. The summed E-state index contributed by atoms with van der Waals surface area (Å²) in [5, 5.41) is 3.02. The summed E-state index contributed by atoms with van der Waals surface area (Å²) in [4.78, 5) is 20.2. The highest BCUT2D eigenvalue weighted by Gasteiger charge is 2.32. The van der Waals surface area contributed by atoms with Gasteiger partial charge >= 0.3 is 0 Å². The van der Waals surface area contributed by atoms with Crippen LogP contribution in [-0.2, 0) is 9.53 Å². The van der Waals surface area contributed by atoms with Crippen LogP contribution < -0.4 is 9.64 Å². The molecule has 0 radical (unpaired) electrons. The molecule has 0 atom stereocenters. The molecule has 3 rings (SSSR count). The quantitative estimate of drug-likeness (QED) is 0.469. The van der Waals surface area contributed by atoms with Crippen LogP contribution in [0.1, 0.15) is 11.8 Å². The number of aliphatic imine (C=N–C) groups is 1. The molecule has 0 unspecified atom stereocenters. The van der Waals surface area contributed by atoms with E-state index in [9.17, 15) is 4.79 Å². The number of anilines is 1.